The third-order valence-electron chi connectivity index (χ3n) is 2.68. The Hall–Kier alpha value is -2.19. The molecule has 0 saturated carbocycles. The van der Waals surface area contributed by atoms with Crippen LogP contribution in [0, 0.1) is 22.9 Å². The number of hydrogen-bond donors (Lipinski definition) is 0. The van der Waals surface area contributed by atoms with Gasteiger partial charge in [-0.05, 0) is 30.7 Å². The maximum Gasteiger partial charge on any atom is 0.342 e. The first-order chi connectivity index (χ1) is 10.2. The van der Waals surface area contributed by atoms with Crippen molar-refractivity contribution in [3.05, 3.63) is 62.9 Å². The average molecular weight is 346 g/mol. The fourth-order valence-electron chi connectivity index (χ4n) is 1.64. The van der Waals surface area contributed by atoms with Crippen molar-refractivity contribution in [2.75, 3.05) is 0 Å². The van der Waals surface area contributed by atoms with Crippen LogP contribution < -0.4 is 4.18 Å². The standard InChI is InChI=1S/C13H9ClFNO5S/c1-8-2-5-13(11(15)6-8)22(19,20)21-12-4-3-9(16(17)18)7-10(12)14/h2-7H,1H3. The highest BCUT2D eigenvalue weighted by atomic mass is 35.5. The molecule has 0 aliphatic rings. The van der Waals surface area contributed by atoms with Crippen molar-refractivity contribution >= 4 is 27.4 Å². The van der Waals surface area contributed by atoms with Gasteiger partial charge in [0.2, 0.25) is 0 Å². The van der Waals surface area contributed by atoms with Gasteiger partial charge in [-0.2, -0.15) is 8.42 Å². The number of hydrogen-bond acceptors (Lipinski definition) is 5. The zero-order valence-corrected chi connectivity index (χ0v) is 12.7. The van der Waals surface area contributed by atoms with E-state index in [0.29, 0.717) is 5.56 Å². The van der Waals surface area contributed by atoms with Gasteiger partial charge in [-0.15, -0.1) is 0 Å². The third-order valence-corrected chi connectivity index (χ3v) is 4.25. The van der Waals surface area contributed by atoms with E-state index in [1.54, 1.807) is 6.92 Å². The Morgan fingerprint density at radius 3 is 2.45 bits per heavy atom. The highest BCUT2D eigenvalue weighted by Gasteiger charge is 2.23. The molecule has 0 amide bonds. The number of rotatable bonds is 4. The summed E-state index contributed by atoms with van der Waals surface area (Å²) in [5.41, 5.74) is 0.223. The van der Waals surface area contributed by atoms with E-state index in [4.69, 9.17) is 15.8 Å². The van der Waals surface area contributed by atoms with E-state index in [-0.39, 0.29) is 16.5 Å². The molecule has 0 fully saturated rings. The van der Waals surface area contributed by atoms with Crippen molar-refractivity contribution in [3.63, 3.8) is 0 Å². The van der Waals surface area contributed by atoms with Gasteiger partial charge in [0.15, 0.2) is 5.75 Å². The summed E-state index contributed by atoms with van der Waals surface area (Å²) >= 11 is 5.74. The summed E-state index contributed by atoms with van der Waals surface area (Å²) < 4.78 is 42.6. The molecule has 22 heavy (non-hydrogen) atoms. The maximum absolute atomic E-state index is 13.7. The molecule has 2 aromatic rings. The SMILES string of the molecule is Cc1ccc(S(=O)(=O)Oc2ccc([N+](=O)[O-])cc2Cl)c(F)c1. The van der Waals surface area contributed by atoms with Crippen molar-refractivity contribution in [2.45, 2.75) is 11.8 Å². The fourth-order valence-corrected chi connectivity index (χ4v) is 2.91. The molecule has 2 rings (SSSR count). The average Bonchev–Trinajstić information content (AvgIpc) is 2.40. The highest BCUT2D eigenvalue weighted by Crippen LogP contribution is 2.31. The predicted octanol–water partition coefficient (Wildman–Crippen LogP) is 3.46. The summed E-state index contributed by atoms with van der Waals surface area (Å²) in [5, 5.41) is 10.3. The van der Waals surface area contributed by atoms with Gasteiger partial charge in [-0.1, -0.05) is 17.7 Å². The van der Waals surface area contributed by atoms with Crippen LogP contribution in [0.1, 0.15) is 5.56 Å². The van der Waals surface area contributed by atoms with E-state index in [1.807, 2.05) is 0 Å². The van der Waals surface area contributed by atoms with Crippen molar-refractivity contribution in [3.8, 4) is 5.75 Å². The minimum atomic E-state index is -4.45. The highest BCUT2D eigenvalue weighted by molar-refractivity contribution is 7.87. The van der Waals surface area contributed by atoms with Crippen LogP contribution in [0.3, 0.4) is 0 Å². The Morgan fingerprint density at radius 2 is 1.91 bits per heavy atom. The van der Waals surface area contributed by atoms with E-state index in [0.717, 1.165) is 30.3 Å². The van der Waals surface area contributed by atoms with E-state index >= 15 is 0 Å². The van der Waals surface area contributed by atoms with Crippen molar-refractivity contribution in [1.29, 1.82) is 0 Å². The van der Waals surface area contributed by atoms with Gasteiger partial charge < -0.3 is 4.18 Å². The molecule has 0 unspecified atom stereocenters. The van der Waals surface area contributed by atoms with E-state index in [1.165, 1.54) is 6.07 Å². The minimum Gasteiger partial charge on any atom is -0.377 e. The summed E-state index contributed by atoms with van der Waals surface area (Å²) in [6, 6.07) is 6.54. The van der Waals surface area contributed by atoms with Crippen LogP contribution >= 0.6 is 11.6 Å². The van der Waals surface area contributed by atoms with Crippen molar-refractivity contribution < 1.29 is 21.9 Å². The summed E-state index contributed by atoms with van der Waals surface area (Å²) in [5.74, 6) is -1.29. The van der Waals surface area contributed by atoms with Crippen LogP contribution in [0.5, 0.6) is 5.75 Å². The zero-order chi connectivity index (χ0) is 16.5. The molecule has 6 nitrogen and oxygen atoms in total. The molecule has 2 aromatic carbocycles. The summed E-state index contributed by atoms with van der Waals surface area (Å²) in [7, 11) is -4.45. The van der Waals surface area contributed by atoms with Gasteiger partial charge in [-0.3, -0.25) is 10.1 Å². The number of aryl methyl sites for hydroxylation is 1. The van der Waals surface area contributed by atoms with Gasteiger partial charge in [-0.25, -0.2) is 4.39 Å². The van der Waals surface area contributed by atoms with Crippen LogP contribution in [0.25, 0.3) is 0 Å². The molecule has 0 bridgehead atoms. The van der Waals surface area contributed by atoms with Gasteiger partial charge in [0.25, 0.3) is 5.69 Å². The Morgan fingerprint density at radius 1 is 1.23 bits per heavy atom. The first-order valence-electron chi connectivity index (χ1n) is 5.85. The fraction of sp³-hybridized carbons (Fsp3) is 0.0769. The lowest BCUT2D eigenvalue weighted by atomic mass is 10.2. The quantitative estimate of drug-likeness (QED) is 0.481. The molecule has 0 heterocycles. The lowest BCUT2D eigenvalue weighted by Gasteiger charge is -2.09. The van der Waals surface area contributed by atoms with Crippen LogP contribution in [0.15, 0.2) is 41.3 Å². The number of nitrogens with zero attached hydrogens (tertiary/aromatic N) is 1. The summed E-state index contributed by atoms with van der Waals surface area (Å²) in [6.07, 6.45) is 0. The van der Waals surface area contributed by atoms with Gasteiger partial charge >= 0.3 is 10.1 Å². The zero-order valence-electron chi connectivity index (χ0n) is 11.1. The lowest BCUT2D eigenvalue weighted by Crippen LogP contribution is -2.12. The number of nitro benzene ring substituents is 1. The molecular weight excluding hydrogens is 337 g/mol. The molecule has 0 aliphatic heterocycles. The van der Waals surface area contributed by atoms with Gasteiger partial charge in [0, 0.05) is 12.1 Å². The second-order valence-electron chi connectivity index (χ2n) is 4.34. The normalized spacial score (nSPS) is 11.2. The second kappa shape index (κ2) is 5.90. The first-order valence-corrected chi connectivity index (χ1v) is 7.64. The Kier molecular flexibility index (Phi) is 4.34. The topological polar surface area (TPSA) is 86.5 Å². The number of benzene rings is 2. The lowest BCUT2D eigenvalue weighted by molar-refractivity contribution is -0.384. The van der Waals surface area contributed by atoms with Crippen molar-refractivity contribution in [1.82, 2.24) is 0 Å². The van der Waals surface area contributed by atoms with Gasteiger partial charge in [0.05, 0.1) is 9.95 Å². The number of nitro groups is 1. The second-order valence-corrected chi connectivity index (χ2v) is 6.27. The number of halogens is 2. The maximum atomic E-state index is 13.7. The number of non-ortho nitro benzene ring substituents is 1. The minimum absolute atomic E-state index is 0.273. The van der Waals surface area contributed by atoms with Crippen LogP contribution in [0.4, 0.5) is 10.1 Å². The third kappa shape index (κ3) is 3.34. The first kappa shape index (κ1) is 16.2. The Labute approximate surface area is 130 Å². The Bertz CT molecular complexity index is 854. The summed E-state index contributed by atoms with van der Waals surface area (Å²) in [4.78, 5) is 9.25. The van der Waals surface area contributed by atoms with Crippen LogP contribution in [-0.4, -0.2) is 13.3 Å². The smallest absolute Gasteiger partial charge is 0.342 e. The van der Waals surface area contributed by atoms with Crippen molar-refractivity contribution in [2.24, 2.45) is 0 Å². The molecule has 116 valence electrons. The Balaban J connectivity index is 2.39. The van der Waals surface area contributed by atoms with E-state index < -0.39 is 25.8 Å². The largest absolute Gasteiger partial charge is 0.377 e. The molecule has 0 atom stereocenters. The molecule has 0 spiro atoms. The molecule has 9 heteroatoms. The predicted molar refractivity (Wildman–Crippen MR) is 77.1 cm³/mol. The summed E-state index contributed by atoms with van der Waals surface area (Å²) in [6.45, 7) is 1.60. The molecule has 0 saturated heterocycles. The molecule has 0 aliphatic carbocycles. The molecular formula is C13H9ClFNO5S. The van der Waals surface area contributed by atoms with E-state index in [2.05, 4.69) is 0 Å². The monoisotopic (exact) mass is 345 g/mol. The molecule has 0 N–H and O–H groups in total. The van der Waals surface area contributed by atoms with Gasteiger partial charge in [0.1, 0.15) is 10.7 Å². The molecule has 0 radical (unpaired) electrons. The van der Waals surface area contributed by atoms with E-state index in [9.17, 15) is 22.9 Å². The van der Waals surface area contributed by atoms with Crippen LogP contribution in [-0.2, 0) is 10.1 Å². The van der Waals surface area contributed by atoms with Crippen LogP contribution in [0.2, 0.25) is 5.02 Å². The molecule has 0 aromatic heterocycles.